The molecule has 0 atom stereocenters. The van der Waals surface area contributed by atoms with E-state index in [1.54, 1.807) is 0 Å². The molecule has 5 heteroatoms. The third-order valence-electron chi connectivity index (χ3n) is 3.42. The number of nitrogens with zero attached hydrogens (tertiary/aromatic N) is 2. The standard InChI is InChI=1S/C13H20N4O/c1-15-12-3-2-4-13(16-12)17-7-5-10(6-8-17)9-11(14)18/h2-4,10H,5-9H2,1H3,(H2,14,18)(H,15,16). The van der Waals surface area contributed by atoms with Gasteiger partial charge in [-0.1, -0.05) is 6.07 Å². The van der Waals surface area contributed by atoms with Crippen LogP contribution in [0.4, 0.5) is 11.6 Å². The van der Waals surface area contributed by atoms with Crippen LogP contribution in [-0.4, -0.2) is 31.0 Å². The topological polar surface area (TPSA) is 71.2 Å². The number of nitrogens with one attached hydrogen (secondary N) is 1. The van der Waals surface area contributed by atoms with E-state index in [4.69, 9.17) is 5.73 Å². The predicted molar refractivity (Wildman–Crippen MR) is 72.5 cm³/mol. The maximum absolute atomic E-state index is 10.9. The predicted octanol–water partition coefficient (Wildman–Crippen LogP) is 1.22. The van der Waals surface area contributed by atoms with Crippen LogP contribution >= 0.6 is 0 Å². The summed E-state index contributed by atoms with van der Waals surface area (Å²) in [4.78, 5) is 17.7. The first-order valence-electron chi connectivity index (χ1n) is 6.37. The van der Waals surface area contributed by atoms with Crippen molar-refractivity contribution < 1.29 is 4.79 Å². The van der Waals surface area contributed by atoms with Crippen LogP contribution in [0.15, 0.2) is 18.2 Å². The highest BCUT2D eigenvalue weighted by Gasteiger charge is 2.21. The normalized spacial score (nSPS) is 16.6. The third kappa shape index (κ3) is 3.12. The molecular weight excluding hydrogens is 228 g/mol. The minimum absolute atomic E-state index is 0.191. The molecule has 98 valence electrons. The molecule has 1 aromatic rings. The molecule has 1 aliphatic rings. The molecule has 1 fully saturated rings. The van der Waals surface area contributed by atoms with Gasteiger partial charge in [0.15, 0.2) is 0 Å². The average molecular weight is 248 g/mol. The highest BCUT2D eigenvalue weighted by atomic mass is 16.1. The Bertz CT molecular complexity index is 413. The number of rotatable bonds is 4. The van der Waals surface area contributed by atoms with E-state index in [0.717, 1.165) is 37.6 Å². The Morgan fingerprint density at radius 3 is 2.83 bits per heavy atom. The highest BCUT2D eigenvalue weighted by molar-refractivity contribution is 5.74. The lowest BCUT2D eigenvalue weighted by molar-refractivity contribution is -0.119. The maximum atomic E-state index is 10.9. The molecule has 1 aliphatic heterocycles. The first kappa shape index (κ1) is 12.7. The van der Waals surface area contributed by atoms with Gasteiger partial charge in [-0.05, 0) is 30.9 Å². The molecule has 0 unspecified atom stereocenters. The molecule has 3 N–H and O–H groups in total. The van der Waals surface area contributed by atoms with Gasteiger partial charge in [-0.15, -0.1) is 0 Å². The Labute approximate surface area is 107 Å². The van der Waals surface area contributed by atoms with Gasteiger partial charge in [0.2, 0.25) is 5.91 Å². The summed E-state index contributed by atoms with van der Waals surface area (Å²) in [5.74, 6) is 2.13. The number of nitrogens with two attached hydrogens (primary N) is 1. The zero-order chi connectivity index (χ0) is 13.0. The minimum atomic E-state index is -0.191. The van der Waals surface area contributed by atoms with Gasteiger partial charge in [0.05, 0.1) is 0 Å². The number of aromatic nitrogens is 1. The van der Waals surface area contributed by atoms with Crippen molar-refractivity contribution in [2.24, 2.45) is 11.7 Å². The van der Waals surface area contributed by atoms with E-state index in [1.165, 1.54) is 0 Å². The molecule has 0 aliphatic carbocycles. The van der Waals surface area contributed by atoms with Crippen LogP contribution in [0.2, 0.25) is 0 Å². The summed E-state index contributed by atoms with van der Waals surface area (Å²) in [5, 5.41) is 3.04. The lowest BCUT2D eigenvalue weighted by Crippen LogP contribution is -2.35. The average Bonchev–Trinajstić information content (AvgIpc) is 2.39. The number of amides is 1. The van der Waals surface area contributed by atoms with Crippen molar-refractivity contribution in [3.63, 3.8) is 0 Å². The van der Waals surface area contributed by atoms with Crippen LogP contribution < -0.4 is 16.0 Å². The lowest BCUT2D eigenvalue weighted by Gasteiger charge is -2.32. The van der Waals surface area contributed by atoms with Crippen molar-refractivity contribution in [1.29, 1.82) is 0 Å². The Kier molecular flexibility index (Phi) is 4.02. The molecule has 1 aromatic heterocycles. The molecule has 18 heavy (non-hydrogen) atoms. The van der Waals surface area contributed by atoms with Crippen LogP contribution in [0, 0.1) is 5.92 Å². The number of carbonyl (C=O) groups excluding carboxylic acids is 1. The monoisotopic (exact) mass is 248 g/mol. The quantitative estimate of drug-likeness (QED) is 0.840. The van der Waals surface area contributed by atoms with Gasteiger partial charge in [-0.3, -0.25) is 4.79 Å². The van der Waals surface area contributed by atoms with Gasteiger partial charge in [0.25, 0.3) is 0 Å². The number of hydrogen-bond donors (Lipinski definition) is 2. The van der Waals surface area contributed by atoms with Crippen LogP contribution in [0.5, 0.6) is 0 Å². The lowest BCUT2D eigenvalue weighted by atomic mass is 9.93. The van der Waals surface area contributed by atoms with Crippen LogP contribution in [0.1, 0.15) is 19.3 Å². The van der Waals surface area contributed by atoms with E-state index in [2.05, 4.69) is 15.2 Å². The van der Waals surface area contributed by atoms with E-state index in [9.17, 15) is 4.79 Å². The molecule has 2 heterocycles. The second-order valence-electron chi connectivity index (χ2n) is 4.73. The SMILES string of the molecule is CNc1cccc(N2CCC(CC(N)=O)CC2)n1. The zero-order valence-corrected chi connectivity index (χ0v) is 10.7. The highest BCUT2D eigenvalue weighted by Crippen LogP contribution is 2.24. The van der Waals surface area contributed by atoms with Gasteiger partial charge >= 0.3 is 0 Å². The van der Waals surface area contributed by atoms with E-state index >= 15 is 0 Å². The molecule has 0 radical (unpaired) electrons. The molecule has 0 bridgehead atoms. The Hall–Kier alpha value is -1.78. The molecule has 0 aromatic carbocycles. The second kappa shape index (κ2) is 5.71. The number of carbonyl (C=O) groups is 1. The van der Waals surface area contributed by atoms with Gasteiger partial charge in [0, 0.05) is 26.6 Å². The molecule has 1 saturated heterocycles. The fourth-order valence-corrected chi connectivity index (χ4v) is 2.39. The summed E-state index contributed by atoms with van der Waals surface area (Å²) in [5.41, 5.74) is 5.23. The maximum Gasteiger partial charge on any atom is 0.217 e. The minimum Gasteiger partial charge on any atom is -0.373 e. The molecular formula is C13H20N4O. The summed E-state index contributed by atoms with van der Waals surface area (Å²) in [7, 11) is 1.87. The fraction of sp³-hybridized carbons (Fsp3) is 0.538. The number of anilines is 2. The Morgan fingerprint density at radius 2 is 2.22 bits per heavy atom. The van der Waals surface area contributed by atoms with Crippen molar-refractivity contribution in [3.05, 3.63) is 18.2 Å². The molecule has 2 rings (SSSR count). The zero-order valence-electron chi connectivity index (χ0n) is 10.7. The number of primary amides is 1. The summed E-state index contributed by atoms with van der Waals surface area (Å²) < 4.78 is 0. The largest absolute Gasteiger partial charge is 0.373 e. The third-order valence-corrected chi connectivity index (χ3v) is 3.42. The summed E-state index contributed by atoms with van der Waals surface area (Å²) in [6.07, 6.45) is 2.53. The Morgan fingerprint density at radius 1 is 1.50 bits per heavy atom. The fourth-order valence-electron chi connectivity index (χ4n) is 2.39. The van der Waals surface area contributed by atoms with Gasteiger partial charge in [-0.2, -0.15) is 0 Å². The van der Waals surface area contributed by atoms with Crippen molar-refractivity contribution in [2.45, 2.75) is 19.3 Å². The van der Waals surface area contributed by atoms with Crippen molar-refractivity contribution in [3.8, 4) is 0 Å². The van der Waals surface area contributed by atoms with E-state index in [-0.39, 0.29) is 5.91 Å². The van der Waals surface area contributed by atoms with E-state index in [0.29, 0.717) is 12.3 Å². The van der Waals surface area contributed by atoms with E-state index in [1.807, 2.05) is 25.2 Å². The van der Waals surface area contributed by atoms with Gasteiger partial charge < -0.3 is 16.0 Å². The number of hydrogen-bond acceptors (Lipinski definition) is 4. The first-order chi connectivity index (χ1) is 8.69. The van der Waals surface area contributed by atoms with Crippen LogP contribution in [-0.2, 0) is 4.79 Å². The Balaban J connectivity index is 1.94. The molecule has 0 saturated carbocycles. The van der Waals surface area contributed by atoms with Crippen molar-refractivity contribution in [2.75, 3.05) is 30.4 Å². The van der Waals surface area contributed by atoms with Crippen molar-refractivity contribution in [1.82, 2.24) is 4.98 Å². The van der Waals surface area contributed by atoms with Crippen molar-refractivity contribution >= 4 is 17.5 Å². The number of piperidine rings is 1. The van der Waals surface area contributed by atoms with Gasteiger partial charge in [0.1, 0.15) is 11.6 Å². The van der Waals surface area contributed by atoms with Crippen LogP contribution in [0.3, 0.4) is 0 Å². The molecule has 5 nitrogen and oxygen atoms in total. The summed E-state index contributed by atoms with van der Waals surface area (Å²) >= 11 is 0. The summed E-state index contributed by atoms with van der Waals surface area (Å²) in [6.45, 7) is 1.89. The number of pyridine rings is 1. The summed E-state index contributed by atoms with van der Waals surface area (Å²) in [6, 6.07) is 5.97. The first-order valence-corrected chi connectivity index (χ1v) is 6.37. The van der Waals surface area contributed by atoms with Crippen LogP contribution in [0.25, 0.3) is 0 Å². The second-order valence-corrected chi connectivity index (χ2v) is 4.73. The molecule has 0 spiro atoms. The smallest absolute Gasteiger partial charge is 0.217 e. The van der Waals surface area contributed by atoms with Gasteiger partial charge in [-0.25, -0.2) is 4.98 Å². The molecule has 1 amide bonds. The van der Waals surface area contributed by atoms with E-state index < -0.39 is 0 Å².